The van der Waals surface area contributed by atoms with Crippen LogP contribution in [0.25, 0.3) is 11.3 Å². The monoisotopic (exact) mass is 366 g/mol. The average molecular weight is 366 g/mol. The van der Waals surface area contributed by atoms with Crippen molar-refractivity contribution in [1.29, 1.82) is 0 Å². The van der Waals surface area contributed by atoms with Gasteiger partial charge in [-0.15, -0.1) is 0 Å². The molecule has 0 unspecified atom stereocenters. The first-order valence-corrected chi connectivity index (χ1v) is 8.61. The normalized spacial score (nSPS) is 10.4. The van der Waals surface area contributed by atoms with E-state index in [1.807, 2.05) is 41.2 Å². The maximum absolute atomic E-state index is 12.2. The first kappa shape index (κ1) is 18.4. The van der Waals surface area contributed by atoms with Crippen LogP contribution in [0.3, 0.4) is 0 Å². The second-order valence-corrected chi connectivity index (χ2v) is 5.92. The molecule has 1 N–H and O–H groups in total. The van der Waals surface area contributed by atoms with Gasteiger partial charge in [0, 0.05) is 30.7 Å². The summed E-state index contributed by atoms with van der Waals surface area (Å²) in [7, 11) is 3.16. The molecule has 1 amide bonds. The Labute approximate surface area is 158 Å². The number of benzene rings is 1. The molecule has 0 aliphatic rings. The lowest BCUT2D eigenvalue weighted by Gasteiger charge is -2.10. The Morgan fingerprint density at radius 3 is 2.59 bits per heavy atom. The maximum Gasteiger partial charge on any atom is 0.224 e. The Bertz CT molecular complexity index is 893. The van der Waals surface area contributed by atoms with Gasteiger partial charge in [-0.3, -0.25) is 14.5 Å². The first-order chi connectivity index (χ1) is 13.2. The fourth-order valence-corrected chi connectivity index (χ4v) is 2.71. The zero-order valence-corrected chi connectivity index (χ0v) is 15.4. The number of methoxy groups -OCH3 is 2. The molecule has 1 aromatic carbocycles. The number of rotatable bonds is 8. The topological polar surface area (TPSA) is 78.3 Å². The number of pyridine rings is 1. The van der Waals surface area contributed by atoms with Crippen LogP contribution < -0.4 is 14.8 Å². The van der Waals surface area contributed by atoms with Crippen molar-refractivity contribution in [1.82, 2.24) is 20.1 Å². The minimum absolute atomic E-state index is 0.0521. The summed E-state index contributed by atoms with van der Waals surface area (Å²) in [5, 5.41) is 7.42. The summed E-state index contributed by atoms with van der Waals surface area (Å²) < 4.78 is 12.3. The van der Waals surface area contributed by atoms with Crippen LogP contribution in [-0.2, 0) is 17.8 Å². The third-order valence-electron chi connectivity index (χ3n) is 4.09. The van der Waals surface area contributed by atoms with Crippen molar-refractivity contribution in [2.45, 2.75) is 13.0 Å². The van der Waals surface area contributed by atoms with Gasteiger partial charge in [-0.25, -0.2) is 0 Å². The molecule has 0 radical (unpaired) electrons. The van der Waals surface area contributed by atoms with Crippen molar-refractivity contribution in [3.8, 4) is 22.8 Å². The van der Waals surface area contributed by atoms with Crippen LogP contribution in [0.5, 0.6) is 11.5 Å². The molecule has 0 fully saturated rings. The molecule has 0 saturated carbocycles. The Kier molecular flexibility index (Phi) is 6.04. The molecule has 3 aromatic rings. The Morgan fingerprint density at radius 1 is 1.07 bits per heavy atom. The molecule has 7 nitrogen and oxygen atoms in total. The van der Waals surface area contributed by atoms with E-state index in [2.05, 4.69) is 15.4 Å². The van der Waals surface area contributed by atoms with E-state index in [0.717, 1.165) is 16.8 Å². The van der Waals surface area contributed by atoms with E-state index in [1.54, 1.807) is 32.7 Å². The smallest absolute Gasteiger partial charge is 0.224 e. The van der Waals surface area contributed by atoms with E-state index in [9.17, 15) is 4.79 Å². The van der Waals surface area contributed by atoms with Crippen molar-refractivity contribution in [3.63, 3.8) is 0 Å². The molecule has 0 spiro atoms. The number of carbonyl (C=O) groups is 1. The standard InChI is InChI=1S/C20H22N4O3/c1-26-18-4-3-15(13-19(18)27-2)14-20(25)22-10-12-24-11-7-17(23-24)16-5-8-21-9-6-16/h3-9,11,13H,10,12,14H2,1-2H3,(H,22,25). The number of aromatic nitrogens is 3. The maximum atomic E-state index is 12.2. The van der Waals surface area contributed by atoms with Gasteiger partial charge in [0.25, 0.3) is 0 Å². The number of nitrogens with one attached hydrogen (secondary N) is 1. The number of hydrogen-bond donors (Lipinski definition) is 1. The second-order valence-electron chi connectivity index (χ2n) is 5.92. The summed E-state index contributed by atoms with van der Waals surface area (Å²) in [6.07, 6.45) is 5.66. The molecule has 0 aliphatic carbocycles. The SMILES string of the molecule is COc1ccc(CC(=O)NCCn2ccc(-c3ccncc3)n2)cc1OC. The van der Waals surface area contributed by atoms with Crippen LogP contribution in [0.15, 0.2) is 55.0 Å². The highest BCUT2D eigenvalue weighted by atomic mass is 16.5. The van der Waals surface area contributed by atoms with Gasteiger partial charge in [0.05, 0.1) is 32.9 Å². The van der Waals surface area contributed by atoms with E-state index in [0.29, 0.717) is 24.6 Å². The molecule has 2 heterocycles. The molecular formula is C20H22N4O3. The van der Waals surface area contributed by atoms with Gasteiger partial charge < -0.3 is 14.8 Å². The third-order valence-corrected chi connectivity index (χ3v) is 4.09. The molecule has 7 heteroatoms. The largest absolute Gasteiger partial charge is 0.493 e. The first-order valence-electron chi connectivity index (χ1n) is 8.61. The van der Waals surface area contributed by atoms with Gasteiger partial charge in [-0.05, 0) is 35.9 Å². The number of amides is 1. The highest BCUT2D eigenvalue weighted by Crippen LogP contribution is 2.27. The lowest BCUT2D eigenvalue weighted by molar-refractivity contribution is -0.120. The minimum Gasteiger partial charge on any atom is -0.493 e. The third kappa shape index (κ3) is 4.84. The summed E-state index contributed by atoms with van der Waals surface area (Å²) in [6.45, 7) is 1.10. The van der Waals surface area contributed by atoms with Crippen LogP contribution in [0, 0.1) is 0 Å². The van der Waals surface area contributed by atoms with Gasteiger partial charge in [0.2, 0.25) is 5.91 Å². The Hall–Kier alpha value is -3.35. The van der Waals surface area contributed by atoms with Crippen LogP contribution in [-0.4, -0.2) is 41.4 Å². The summed E-state index contributed by atoms with van der Waals surface area (Å²) in [4.78, 5) is 16.2. The summed E-state index contributed by atoms with van der Waals surface area (Å²) in [6, 6.07) is 11.2. The molecule has 2 aromatic heterocycles. The molecule has 140 valence electrons. The number of nitrogens with zero attached hydrogens (tertiary/aromatic N) is 3. The van der Waals surface area contributed by atoms with Gasteiger partial charge in [-0.1, -0.05) is 6.07 Å². The van der Waals surface area contributed by atoms with Gasteiger partial charge in [-0.2, -0.15) is 5.10 Å². The fraction of sp³-hybridized carbons (Fsp3) is 0.250. The number of carbonyl (C=O) groups excluding carboxylic acids is 1. The van der Waals surface area contributed by atoms with E-state index in [4.69, 9.17) is 9.47 Å². The van der Waals surface area contributed by atoms with E-state index in [-0.39, 0.29) is 12.3 Å². The van der Waals surface area contributed by atoms with Gasteiger partial charge in [0.1, 0.15) is 0 Å². The fourth-order valence-electron chi connectivity index (χ4n) is 2.71. The minimum atomic E-state index is -0.0521. The Balaban J connectivity index is 1.49. The summed E-state index contributed by atoms with van der Waals surface area (Å²) in [5.74, 6) is 1.21. The number of ether oxygens (including phenoxy) is 2. The van der Waals surface area contributed by atoms with E-state index >= 15 is 0 Å². The molecule has 0 aliphatic heterocycles. The van der Waals surface area contributed by atoms with E-state index in [1.165, 1.54) is 0 Å². The molecular weight excluding hydrogens is 344 g/mol. The molecule has 0 saturated heterocycles. The van der Waals surface area contributed by atoms with Crippen molar-refractivity contribution in [2.75, 3.05) is 20.8 Å². The van der Waals surface area contributed by atoms with Crippen LogP contribution in [0.1, 0.15) is 5.56 Å². The molecule has 3 rings (SSSR count). The van der Waals surface area contributed by atoms with Crippen LogP contribution in [0.4, 0.5) is 0 Å². The Morgan fingerprint density at radius 2 is 1.85 bits per heavy atom. The summed E-state index contributed by atoms with van der Waals surface area (Å²) in [5.41, 5.74) is 2.76. The predicted octanol–water partition coefficient (Wildman–Crippen LogP) is 2.32. The lowest BCUT2D eigenvalue weighted by atomic mass is 10.1. The molecule has 0 atom stereocenters. The van der Waals surface area contributed by atoms with Gasteiger partial charge >= 0.3 is 0 Å². The molecule has 27 heavy (non-hydrogen) atoms. The van der Waals surface area contributed by atoms with Gasteiger partial charge in [0.15, 0.2) is 11.5 Å². The molecule has 0 bridgehead atoms. The van der Waals surface area contributed by atoms with E-state index < -0.39 is 0 Å². The van der Waals surface area contributed by atoms with Crippen molar-refractivity contribution < 1.29 is 14.3 Å². The average Bonchev–Trinajstić information content (AvgIpc) is 3.17. The summed E-state index contributed by atoms with van der Waals surface area (Å²) >= 11 is 0. The predicted molar refractivity (Wildman–Crippen MR) is 102 cm³/mol. The van der Waals surface area contributed by atoms with Crippen molar-refractivity contribution in [3.05, 3.63) is 60.6 Å². The highest BCUT2D eigenvalue weighted by Gasteiger charge is 2.08. The number of hydrogen-bond acceptors (Lipinski definition) is 5. The van der Waals surface area contributed by atoms with Crippen molar-refractivity contribution >= 4 is 5.91 Å². The quantitative estimate of drug-likeness (QED) is 0.662. The van der Waals surface area contributed by atoms with Crippen LogP contribution >= 0.6 is 0 Å². The second kappa shape index (κ2) is 8.84. The van der Waals surface area contributed by atoms with Crippen molar-refractivity contribution in [2.24, 2.45) is 0 Å². The zero-order chi connectivity index (χ0) is 19.1. The van der Waals surface area contributed by atoms with Crippen LogP contribution in [0.2, 0.25) is 0 Å². The zero-order valence-electron chi connectivity index (χ0n) is 15.4. The highest BCUT2D eigenvalue weighted by molar-refractivity contribution is 5.78. The lowest BCUT2D eigenvalue weighted by Crippen LogP contribution is -2.28.